The van der Waals surface area contributed by atoms with Crippen molar-refractivity contribution in [2.24, 2.45) is 5.92 Å². The zero-order chi connectivity index (χ0) is 23.3. The van der Waals surface area contributed by atoms with Crippen molar-refractivity contribution in [1.29, 1.82) is 0 Å². The minimum absolute atomic E-state index is 0.117. The molecule has 3 rings (SSSR count). The zero-order valence-corrected chi connectivity index (χ0v) is 19.4. The summed E-state index contributed by atoms with van der Waals surface area (Å²) in [5.74, 6) is -1.07. The summed E-state index contributed by atoms with van der Waals surface area (Å²) < 4.78 is 27.4. The van der Waals surface area contributed by atoms with Crippen molar-refractivity contribution in [3.8, 4) is 0 Å². The molecule has 0 unspecified atom stereocenters. The summed E-state index contributed by atoms with van der Waals surface area (Å²) in [6.45, 7) is 2.41. The van der Waals surface area contributed by atoms with Crippen LogP contribution in [-0.4, -0.2) is 56.0 Å². The summed E-state index contributed by atoms with van der Waals surface area (Å²) in [5, 5.41) is 5.80. The molecule has 2 N–H and O–H groups in total. The normalized spacial score (nSPS) is 18.2. The van der Waals surface area contributed by atoms with Gasteiger partial charge in [0.05, 0.1) is 23.2 Å². The molecule has 2 atom stereocenters. The van der Waals surface area contributed by atoms with Crippen LogP contribution in [0.5, 0.6) is 0 Å². The lowest BCUT2D eigenvalue weighted by Crippen LogP contribution is -2.47. The molecule has 0 radical (unpaired) electrons. The van der Waals surface area contributed by atoms with Gasteiger partial charge in [0.25, 0.3) is 16.1 Å². The van der Waals surface area contributed by atoms with Gasteiger partial charge in [0, 0.05) is 27.2 Å². The number of hydrogen-bond donors (Lipinski definition) is 2. The third-order valence-electron chi connectivity index (χ3n) is 5.62. The van der Waals surface area contributed by atoms with Crippen molar-refractivity contribution in [3.05, 3.63) is 65.7 Å². The van der Waals surface area contributed by atoms with Crippen molar-refractivity contribution in [2.75, 3.05) is 32.5 Å². The first-order chi connectivity index (χ1) is 15.2. The molecule has 0 aliphatic carbocycles. The minimum atomic E-state index is -3.58. The minimum Gasteiger partial charge on any atom is -0.345 e. The fourth-order valence-electron chi connectivity index (χ4n) is 3.72. The number of carbonyl (C=O) groups excluding carboxylic acids is 2. The van der Waals surface area contributed by atoms with Gasteiger partial charge in [-0.2, -0.15) is 17.0 Å². The van der Waals surface area contributed by atoms with Crippen LogP contribution in [0.1, 0.15) is 41.7 Å². The van der Waals surface area contributed by atoms with E-state index in [0.717, 1.165) is 9.87 Å². The Bertz CT molecular complexity index is 1060. The number of hydrogen-bond acceptors (Lipinski definition) is 4. The van der Waals surface area contributed by atoms with Crippen molar-refractivity contribution in [3.63, 3.8) is 0 Å². The van der Waals surface area contributed by atoms with Gasteiger partial charge in [0.1, 0.15) is 0 Å². The van der Waals surface area contributed by atoms with Gasteiger partial charge in [0.15, 0.2) is 0 Å². The van der Waals surface area contributed by atoms with E-state index in [9.17, 15) is 18.0 Å². The van der Waals surface area contributed by atoms with Gasteiger partial charge >= 0.3 is 0 Å². The molecule has 0 bridgehead atoms. The van der Waals surface area contributed by atoms with Crippen molar-refractivity contribution >= 4 is 27.7 Å². The number of piperidine rings is 1. The molecule has 2 aromatic rings. The smallest absolute Gasteiger partial charge is 0.281 e. The highest BCUT2D eigenvalue weighted by Crippen LogP contribution is 2.23. The largest absolute Gasteiger partial charge is 0.345 e. The van der Waals surface area contributed by atoms with Gasteiger partial charge in [0.2, 0.25) is 5.91 Å². The van der Waals surface area contributed by atoms with E-state index < -0.39 is 16.1 Å². The van der Waals surface area contributed by atoms with Crippen molar-refractivity contribution in [1.82, 2.24) is 13.9 Å². The van der Waals surface area contributed by atoms with E-state index in [0.29, 0.717) is 30.6 Å². The quantitative estimate of drug-likeness (QED) is 0.666. The van der Waals surface area contributed by atoms with Crippen LogP contribution in [0, 0.1) is 5.92 Å². The Morgan fingerprint density at radius 2 is 1.72 bits per heavy atom. The molecule has 1 heterocycles. The number of carbonyl (C=O) groups is 2. The Kier molecular flexibility index (Phi) is 7.65. The molecule has 0 spiro atoms. The molecular weight excluding hydrogens is 428 g/mol. The SMILES string of the molecule is C[C@H](NC(=O)c1ccccc1NC(=O)[C@@H]1CCCN(S(=O)(=O)N(C)C)C1)c1ccccc1. The molecule has 2 amide bonds. The van der Waals surface area contributed by atoms with E-state index in [2.05, 4.69) is 10.6 Å². The van der Waals surface area contributed by atoms with Crippen LogP contribution in [-0.2, 0) is 15.0 Å². The van der Waals surface area contributed by atoms with E-state index in [1.54, 1.807) is 24.3 Å². The number of rotatable bonds is 7. The van der Waals surface area contributed by atoms with Crippen LogP contribution in [0.2, 0.25) is 0 Å². The lowest BCUT2D eigenvalue weighted by Gasteiger charge is -2.32. The average molecular weight is 459 g/mol. The Hall–Kier alpha value is -2.75. The van der Waals surface area contributed by atoms with Crippen LogP contribution in [0.3, 0.4) is 0 Å². The van der Waals surface area contributed by atoms with Crippen molar-refractivity contribution < 1.29 is 18.0 Å². The van der Waals surface area contributed by atoms with Gasteiger partial charge in [-0.15, -0.1) is 0 Å². The van der Waals surface area contributed by atoms with E-state index in [4.69, 9.17) is 0 Å². The maximum Gasteiger partial charge on any atom is 0.281 e. The Morgan fingerprint density at radius 3 is 2.41 bits per heavy atom. The van der Waals surface area contributed by atoms with E-state index >= 15 is 0 Å². The van der Waals surface area contributed by atoms with Gasteiger partial charge in [-0.05, 0) is 37.5 Å². The molecule has 2 aromatic carbocycles. The fraction of sp³-hybridized carbons (Fsp3) is 0.391. The van der Waals surface area contributed by atoms with Gasteiger partial charge in [-0.3, -0.25) is 9.59 Å². The molecule has 0 saturated carbocycles. The molecule has 1 aliphatic rings. The average Bonchev–Trinajstić information content (AvgIpc) is 2.79. The first-order valence-corrected chi connectivity index (χ1v) is 12.0. The fourth-order valence-corrected chi connectivity index (χ4v) is 4.91. The van der Waals surface area contributed by atoms with E-state index in [1.165, 1.54) is 18.4 Å². The van der Waals surface area contributed by atoms with Crippen LogP contribution in [0.4, 0.5) is 5.69 Å². The van der Waals surface area contributed by atoms with Gasteiger partial charge in [-0.1, -0.05) is 42.5 Å². The number of nitrogens with zero attached hydrogens (tertiary/aromatic N) is 2. The van der Waals surface area contributed by atoms with Crippen LogP contribution < -0.4 is 10.6 Å². The highest BCUT2D eigenvalue weighted by atomic mass is 32.2. The van der Waals surface area contributed by atoms with Crippen LogP contribution >= 0.6 is 0 Å². The molecule has 32 heavy (non-hydrogen) atoms. The summed E-state index contributed by atoms with van der Waals surface area (Å²) >= 11 is 0. The topological polar surface area (TPSA) is 98.8 Å². The van der Waals surface area contributed by atoms with Crippen LogP contribution in [0.15, 0.2) is 54.6 Å². The number of amides is 2. The van der Waals surface area contributed by atoms with Gasteiger partial charge in [-0.25, -0.2) is 0 Å². The summed E-state index contributed by atoms with van der Waals surface area (Å²) in [7, 11) is -0.625. The Morgan fingerprint density at radius 1 is 1.06 bits per heavy atom. The summed E-state index contributed by atoms with van der Waals surface area (Å²) in [6.07, 6.45) is 1.19. The number of anilines is 1. The maximum atomic E-state index is 13.0. The predicted octanol–water partition coefficient (Wildman–Crippen LogP) is 2.63. The Labute approximate surface area is 189 Å². The molecule has 8 nitrogen and oxygen atoms in total. The lowest BCUT2D eigenvalue weighted by molar-refractivity contribution is -0.120. The molecule has 1 saturated heterocycles. The number of benzene rings is 2. The second-order valence-electron chi connectivity index (χ2n) is 8.13. The number of para-hydroxylation sites is 1. The van der Waals surface area contributed by atoms with E-state index in [-0.39, 0.29) is 24.4 Å². The molecule has 172 valence electrons. The molecule has 0 aromatic heterocycles. The summed E-state index contributed by atoms with van der Waals surface area (Å²) in [6, 6.07) is 16.2. The van der Waals surface area contributed by atoms with Gasteiger partial charge < -0.3 is 10.6 Å². The lowest BCUT2D eigenvalue weighted by atomic mass is 9.98. The summed E-state index contributed by atoms with van der Waals surface area (Å²) in [4.78, 5) is 25.9. The highest BCUT2D eigenvalue weighted by Gasteiger charge is 2.33. The highest BCUT2D eigenvalue weighted by molar-refractivity contribution is 7.86. The first kappa shape index (κ1) is 23.9. The van der Waals surface area contributed by atoms with Crippen LogP contribution in [0.25, 0.3) is 0 Å². The summed E-state index contributed by atoms with van der Waals surface area (Å²) in [5.41, 5.74) is 1.74. The van der Waals surface area contributed by atoms with E-state index in [1.807, 2.05) is 37.3 Å². The molecule has 1 aliphatic heterocycles. The Balaban J connectivity index is 1.70. The maximum absolute atomic E-state index is 13.0. The first-order valence-electron chi connectivity index (χ1n) is 10.6. The predicted molar refractivity (Wildman–Crippen MR) is 124 cm³/mol. The second kappa shape index (κ2) is 10.2. The molecule has 1 fully saturated rings. The van der Waals surface area contributed by atoms with Crippen molar-refractivity contribution in [2.45, 2.75) is 25.8 Å². The number of nitrogens with one attached hydrogen (secondary N) is 2. The third-order valence-corrected chi connectivity index (χ3v) is 7.53. The molecular formula is C23H30N4O4S. The third kappa shape index (κ3) is 5.53. The standard InChI is InChI=1S/C23H30N4O4S/c1-17(18-10-5-4-6-11-18)24-23(29)20-13-7-8-14-21(20)25-22(28)19-12-9-15-27(16-19)32(30,31)26(2)3/h4-8,10-11,13-14,17,19H,9,12,15-16H2,1-3H3,(H,24,29)(H,25,28)/t17-,19+/m0/s1. The molecule has 9 heteroatoms. The second-order valence-corrected chi connectivity index (χ2v) is 10.3. The monoisotopic (exact) mass is 458 g/mol. The zero-order valence-electron chi connectivity index (χ0n) is 18.6.